The van der Waals surface area contributed by atoms with Crippen molar-refractivity contribution in [1.29, 1.82) is 0 Å². The Bertz CT molecular complexity index is 1400. The van der Waals surface area contributed by atoms with Crippen molar-refractivity contribution in [1.82, 2.24) is 29.8 Å². The van der Waals surface area contributed by atoms with E-state index in [9.17, 15) is 9.18 Å². The van der Waals surface area contributed by atoms with Crippen molar-refractivity contribution < 1.29 is 9.18 Å². The SMILES string of the molecule is C[C@@]1(C(=O)Nc2ccc(F)nc2)CCCN1c1nc(Nc2cc(C3C=C3)[nH]n2)c2cccn2n1. The van der Waals surface area contributed by atoms with Crippen LogP contribution < -0.4 is 15.5 Å². The molecule has 34 heavy (non-hydrogen) atoms. The normalized spacial score (nSPS) is 19.6. The molecule has 0 spiro atoms. The smallest absolute Gasteiger partial charge is 0.250 e. The lowest BCUT2D eigenvalue weighted by atomic mass is 9.97. The Labute approximate surface area is 193 Å². The van der Waals surface area contributed by atoms with Crippen LogP contribution in [0.5, 0.6) is 0 Å². The van der Waals surface area contributed by atoms with Crippen molar-refractivity contribution in [2.24, 2.45) is 0 Å². The summed E-state index contributed by atoms with van der Waals surface area (Å²) in [5.41, 5.74) is 1.36. The maximum atomic E-state index is 13.3. The molecule has 5 heterocycles. The number of hydrogen-bond acceptors (Lipinski definition) is 7. The van der Waals surface area contributed by atoms with Crippen LogP contribution in [0.3, 0.4) is 0 Å². The van der Waals surface area contributed by atoms with Gasteiger partial charge in [-0.2, -0.15) is 14.5 Å². The number of pyridine rings is 1. The van der Waals surface area contributed by atoms with Crippen LogP contribution in [0.1, 0.15) is 31.4 Å². The minimum absolute atomic E-state index is 0.224. The summed E-state index contributed by atoms with van der Waals surface area (Å²) in [6.07, 6.45) is 8.75. The zero-order chi connectivity index (χ0) is 23.3. The maximum Gasteiger partial charge on any atom is 0.250 e. The quantitative estimate of drug-likeness (QED) is 0.299. The van der Waals surface area contributed by atoms with E-state index in [0.29, 0.717) is 42.2 Å². The van der Waals surface area contributed by atoms with Gasteiger partial charge < -0.3 is 15.5 Å². The number of hydrogen-bond donors (Lipinski definition) is 3. The average Bonchev–Trinajstić information content (AvgIpc) is 3.20. The van der Waals surface area contributed by atoms with Crippen LogP contribution in [0, 0.1) is 5.95 Å². The highest BCUT2D eigenvalue weighted by atomic mass is 19.1. The van der Waals surface area contributed by atoms with Crippen molar-refractivity contribution in [2.75, 3.05) is 22.1 Å². The molecule has 0 radical (unpaired) electrons. The van der Waals surface area contributed by atoms with Crippen molar-refractivity contribution in [2.45, 2.75) is 31.2 Å². The van der Waals surface area contributed by atoms with Gasteiger partial charge in [0.05, 0.1) is 11.9 Å². The maximum absolute atomic E-state index is 13.3. The fourth-order valence-corrected chi connectivity index (χ4v) is 4.32. The van der Waals surface area contributed by atoms with Gasteiger partial charge in [-0.15, -0.1) is 5.10 Å². The Morgan fingerprint density at radius 3 is 2.97 bits per heavy atom. The van der Waals surface area contributed by atoms with Crippen LogP contribution in [0.4, 0.5) is 27.7 Å². The molecule has 10 nitrogen and oxygen atoms in total. The zero-order valence-electron chi connectivity index (χ0n) is 18.4. The Kier molecular flexibility index (Phi) is 4.57. The predicted octanol–water partition coefficient (Wildman–Crippen LogP) is 3.38. The summed E-state index contributed by atoms with van der Waals surface area (Å²) in [6.45, 7) is 2.49. The molecule has 1 aliphatic carbocycles. The lowest BCUT2D eigenvalue weighted by molar-refractivity contribution is -0.120. The predicted molar refractivity (Wildman–Crippen MR) is 125 cm³/mol. The van der Waals surface area contributed by atoms with Crippen LogP contribution >= 0.6 is 0 Å². The fourth-order valence-electron chi connectivity index (χ4n) is 4.32. The average molecular weight is 459 g/mol. The molecule has 11 heteroatoms. The summed E-state index contributed by atoms with van der Waals surface area (Å²) in [6, 6.07) is 8.46. The fraction of sp³-hybridized carbons (Fsp3) is 0.261. The van der Waals surface area contributed by atoms with Crippen LogP contribution in [0.15, 0.2) is 54.9 Å². The van der Waals surface area contributed by atoms with E-state index in [1.54, 1.807) is 4.52 Å². The number of rotatable bonds is 6. The van der Waals surface area contributed by atoms with E-state index in [2.05, 4.69) is 43.1 Å². The molecule has 4 aromatic rings. The van der Waals surface area contributed by atoms with Crippen molar-refractivity contribution in [3.05, 3.63) is 66.5 Å². The third kappa shape index (κ3) is 3.54. The third-order valence-corrected chi connectivity index (χ3v) is 6.32. The van der Waals surface area contributed by atoms with Crippen molar-refractivity contribution in [3.8, 4) is 0 Å². The standard InChI is InChI=1S/C23H22FN9O/c1-23(21(34)26-15-7-8-18(24)25-13-15)9-3-10-32(23)22-28-20(17-4-2-11-33(17)31-22)27-19-12-16(29-30-19)14-5-6-14/h2,4-8,11-14H,3,9-10H2,1H3,(H,26,34)(H2,27,28,29,30,31)/t23-/m0/s1. The number of nitrogens with zero attached hydrogens (tertiary/aromatic N) is 6. The molecule has 0 bridgehead atoms. The van der Waals surface area contributed by atoms with Gasteiger partial charge in [-0.3, -0.25) is 9.89 Å². The van der Waals surface area contributed by atoms with Crippen LogP contribution in [-0.2, 0) is 4.79 Å². The van der Waals surface area contributed by atoms with Gasteiger partial charge in [-0.25, -0.2) is 9.50 Å². The molecular formula is C23H22FN9O. The molecule has 172 valence electrons. The number of aromatic amines is 1. The van der Waals surface area contributed by atoms with Gasteiger partial charge in [0.25, 0.3) is 0 Å². The van der Waals surface area contributed by atoms with E-state index in [-0.39, 0.29) is 5.91 Å². The number of nitrogens with one attached hydrogen (secondary N) is 3. The number of allylic oxidation sites excluding steroid dienone is 2. The van der Waals surface area contributed by atoms with Gasteiger partial charge in [-0.05, 0) is 44.0 Å². The second-order valence-electron chi connectivity index (χ2n) is 8.70. The Balaban J connectivity index is 1.31. The third-order valence-electron chi connectivity index (χ3n) is 6.32. The number of halogens is 1. The number of aromatic nitrogens is 6. The van der Waals surface area contributed by atoms with Crippen LogP contribution in [0.25, 0.3) is 5.52 Å². The molecule has 1 saturated heterocycles. The Morgan fingerprint density at radius 2 is 2.18 bits per heavy atom. The van der Waals surface area contributed by atoms with Gasteiger partial charge in [-0.1, -0.05) is 12.2 Å². The first-order chi connectivity index (χ1) is 16.5. The first-order valence-electron chi connectivity index (χ1n) is 11.1. The topological polar surface area (TPSA) is 116 Å². The van der Waals surface area contributed by atoms with Gasteiger partial charge in [0.2, 0.25) is 17.8 Å². The van der Waals surface area contributed by atoms with Crippen molar-refractivity contribution in [3.63, 3.8) is 0 Å². The highest BCUT2D eigenvalue weighted by Gasteiger charge is 2.45. The van der Waals surface area contributed by atoms with Gasteiger partial charge >= 0.3 is 0 Å². The first kappa shape index (κ1) is 20.3. The second-order valence-corrected chi connectivity index (χ2v) is 8.70. The number of carbonyl (C=O) groups excluding carboxylic acids is 1. The minimum Gasteiger partial charge on any atom is -0.325 e. The highest BCUT2D eigenvalue weighted by Crippen LogP contribution is 2.35. The van der Waals surface area contributed by atoms with E-state index < -0.39 is 11.5 Å². The number of anilines is 4. The summed E-state index contributed by atoms with van der Waals surface area (Å²) in [5.74, 6) is 1.17. The number of H-pyrrole nitrogens is 1. The van der Waals surface area contributed by atoms with E-state index in [1.807, 2.05) is 36.2 Å². The lowest BCUT2D eigenvalue weighted by Crippen LogP contribution is -2.51. The monoisotopic (exact) mass is 459 g/mol. The van der Waals surface area contributed by atoms with E-state index in [4.69, 9.17) is 4.98 Å². The summed E-state index contributed by atoms with van der Waals surface area (Å²) < 4.78 is 14.9. The molecule has 0 aromatic carbocycles. The molecule has 2 aliphatic rings. The number of carbonyl (C=O) groups is 1. The second kappa shape index (κ2) is 7.65. The van der Waals surface area contributed by atoms with Crippen LogP contribution in [-0.4, -0.2) is 47.8 Å². The summed E-state index contributed by atoms with van der Waals surface area (Å²) >= 11 is 0. The summed E-state index contributed by atoms with van der Waals surface area (Å²) in [4.78, 5) is 23.6. The molecule has 1 aliphatic heterocycles. The molecule has 1 amide bonds. The van der Waals surface area contributed by atoms with E-state index >= 15 is 0 Å². The van der Waals surface area contributed by atoms with E-state index in [1.165, 1.54) is 18.3 Å². The number of amides is 1. The molecule has 1 fully saturated rings. The molecular weight excluding hydrogens is 437 g/mol. The minimum atomic E-state index is -0.885. The highest BCUT2D eigenvalue weighted by molar-refractivity contribution is 6.00. The molecule has 0 unspecified atom stereocenters. The van der Waals surface area contributed by atoms with Crippen molar-refractivity contribution >= 4 is 34.7 Å². The molecule has 1 atom stereocenters. The summed E-state index contributed by atoms with van der Waals surface area (Å²) in [5, 5.41) is 18.2. The Hall–Kier alpha value is -4.28. The Morgan fingerprint density at radius 1 is 1.29 bits per heavy atom. The van der Waals surface area contributed by atoms with Gasteiger partial charge in [0.15, 0.2) is 11.6 Å². The molecule has 3 N–H and O–H groups in total. The first-order valence-corrected chi connectivity index (χ1v) is 11.1. The van der Waals surface area contributed by atoms with E-state index in [0.717, 1.165) is 17.6 Å². The molecule has 0 saturated carbocycles. The zero-order valence-corrected chi connectivity index (χ0v) is 18.4. The summed E-state index contributed by atoms with van der Waals surface area (Å²) in [7, 11) is 0. The van der Waals surface area contributed by atoms with Crippen LogP contribution in [0.2, 0.25) is 0 Å². The molecule has 4 aromatic heterocycles. The number of fused-ring (bicyclic) bond motifs is 1. The van der Waals surface area contributed by atoms with Gasteiger partial charge in [0.1, 0.15) is 11.1 Å². The molecule has 6 rings (SSSR count). The lowest BCUT2D eigenvalue weighted by Gasteiger charge is -2.34. The van der Waals surface area contributed by atoms with Gasteiger partial charge in [0, 0.05) is 30.4 Å². The largest absolute Gasteiger partial charge is 0.325 e.